The summed E-state index contributed by atoms with van der Waals surface area (Å²) in [6.07, 6.45) is 2.91. The molecule has 1 aromatic heterocycles. The number of methoxy groups -OCH3 is 1. The molecule has 0 unspecified atom stereocenters. The van der Waals surface area contributed by atoms with Gasteiger partial charge in [0.1, 0.15) is 12.4 Å². The van der Waals surface area contributed by atoms with Crippen LogP contribution in [0, 0.1) is 11.3 Å². The predicted molar refractivity (Wildman–Crippen MR) is 129 cm³/mol. The molecule has 0 amide bonds. The van der Waals surface area contributed by atoms with Crippen molar-refractivity contribution in [3.05, 3.63) is 65.9 Å². The van der Waals surface area contributed by atoms with Gasteiger partial charge in [-0.25, -0.2) is 4.98 Å². The van der Waals surface area contributed by atoms with Gasteiger partial charge >= 0.3 is 0 Å². The Kier molecular flexibility index (Phi) is 7.66. The van der Waals surface area contributed by atoms with Crippen LogP contribution >= 0.6 is 11.8 Å². The number of rotatable bonds is 7. The van der Waals surface area contributed by atoms with Gasteiger partial charge in [-0.1, -0.05) is 23.9 Å². The summed E-state index contributed by atoms with van der Waals surface area (Å²) in [6.45, 7) is 4.22. The molecular weight excluding hydrogens is 434 g/mol. The number of likely N-dealkylation sites (N-methyl/N-ethyl adjacent to an activating group) is 1. The molecule has 2 heterocycles. The van der Waals surface area contributed by atoms with E-state index in [1.165, 1.54) is 11.8 Å². The Morgan fingerprint density at radius 3 is 2.73 bits per heavy atom. The maximum atomic E-state index is 9.06. The van der Waals surface area contributed by atoms with E-state index in [0.717, 1.165) is 53.7 Å². The lowest BCUT2D eigenvalue weighted by atomic mass is 10.2. The van der Waals surface area contributed by atoms with Crippen molar-refractivity contribution in [2.75, 3.05) is 45.2 Å². The number of anilines is 1. The Morgan fingerprint density at radius 2 is 1.94 bits per heavy atom. The summed E-state index contributed by atoms with van der Waals surface area (Å²) in [6, 6.07) is 17.4. The third-order valence-electron chi connectivity index (χ3n) is 5.43. The van der Waals surface area contributed by atoms with Gasteiger partial charge in [0.25, 0.3) is 0 Å². The van der Waals surface area contributed by atoms with Gasteiger partial charge in [-0.2, -0.15) is 10.2 Å². The normalized spacial score (nSPS) is 14.4. The molecule has 4 rings (SSSR count). The minimum absolute atomic E-state index is 0.372. The summed E-state index contributed by atoms with van der Waals surface area (Å²) in [4.78, 5) is 15.9. The minimum atomic E-state index is 0.372. The zero-order valence-corrected chi connectivity index (χ0v) is 19.7. The van der Waals surface area contributed by atoms with Gasteiger partial charge < -0.3 is 19.3 Å². The van der Waals surface area contributed by atoms with E-state index < -0.39 is 0 Å². The van der Waals surface area contributed by atoms with Crippen molar-refractivity contribution in [2.45, 2.75) is 22.8 Å². The molecule has 7 nitrogen and oxygen atoms in total. The second kappa shape index (κ2) is 11.0. The lowest BCUT2D eigenvalue weighted by Gasteiger charge is -2.21. The van der Waals surface area contributed by atoms with Crippen LogP contribution in [0.5, 0.6) is 11.6 Å². The van der Waals surface area contributed by atoms with Crippen LogP contribution in [0.25, 0.3) is 0 Å². The lowest BCUT2D eigenvalue weighted by Crippen LogP contribution is -2.30. The van der Waals surface area contributed by atoms with Crippen LogP contribution in [0.1, 0.15) is 17.5 Å². The fourth-order valence-electron chi connectivity index (χ4n) is 3.56. The molecule has 0 aliphatic carbocycles. The van der Waals surface area contributed by atoms with Gasteiger partial charge in [0, 0.05) is 24.5 Å². The molecule has 33 heavy (non-hydrogen) atoms. The van der Waals surface area contributed by atoms with Crippen molar-refractivity contribution in [1.82, 2.24) is 14.9 Å². The second-order valence-corrected chi connectivity index (χ2v) is 8.98. The Bertz CT molecular complexity index is 1120. The molecule has 8 heteroatoms. The monoisotopic (exact) mass is 461 g/mol. The summed E-state index contributed by atoms with van der Waals surface area (Å²) in [5.41, 5.74) is 1.63. The highest BCUT2D eigenvalue weighted by atomic mass is 32.2. The summed E-state index contributed by atoms with van der Waals surface area (Å²) < 4.78 is 11.5. The second-order valence-electron chi connectivity index (χ2n) is 7.86. The van der Waals surface area contributed by atoms with Gasteiger partial charge in [0.15, 0.2) is 0 Å². The predicted octanol–water partition coefficient (Wildman–Crippen LogP) is 4.23. The van der Waals surface area contributed by atoms with Crippen LogP contribution in [0.15, 0.2) is 64.5 Å². The molecule has 1 aliphatic heterocycles. The highest BCUT2D eigenvalue weighted by Gasteiger charge is 2.18. The average molecular weight is 462 g/mol. The molecule has 0 saturated carbocycles. The van der Waals surface area contributed by atoms with E-state index in [-0.39, 0.29) is 0 Å². The largest absolute Gasteiger partial charge is 0.497 e. The van der Waals surface area contributed by atoms with E-state index in [0.29, 0.717) is 24.0 Å². The molecule has 0 spiro atoms. The third-order valence-corrected chi connectivity index (χ3v) is 6.44. The molecule has 1 fully saturated rings. The highest BCUT2D eigenvalue weighted by Crippen LogP contribution is 2.35. The van der Waals surface area contributed by atoms with Gasteiger partial charge in [0.05, 0.1) is 29.8 Å². The van der Waals surface area contributed by atoms with E-state index in [2.05, 4.69) is 27.9 Å². The Hall–Kier alpha value is -3.28. The number of benzene rings is 2. The SMILES string of the molecule is COc1cccc(COc2nc(N3CCCN(C)CC3)ncc2Sc2ccc(C#N)cc2)c1. The highest BCUT2D eigenvalue weighted by molar-refractivity contribution is 7.99. The van der Waals surface area contributed by atoms with Gasteiger partial charge in [-0.15, -0.1) is 0 Å². The fourth-order valence-corrected chi connectivity index (χ4v) is 4.38. The zero-order chi connectivity index (χ0) is 23.0. The van der Waals surface area contributed by atoms with Crippen molar-refractivity contribution in [1.29, 1.82) is 5.26 Å². The first-order valence-corrected chi connectivity index (χ1v) is 11.7. The quantitative estimate of drug-likeness (QED) is 0.518. The molecular formula is C25H27N5O2S. The smallest absolute Gasteiger partial charge is 0.232 e. The first kappa shape index (κ1) is 22.9. The number of hydrogen-bond acceptors (Lipinski definition) is 8. The molecule has 0 radical (unpaired) electrons. The van der Waals surface area contributed by atoms with Crippen molar-refractivity contribution in [3.63, 3.8) is 0 Å². The fraction of sp³-hybridized carbons (Fsp3) is 0.320. The molecule has 0 bridgehead atoms. The maximum absolute atomic E-state index is 9.06. The van der Waals surface area contributed by atoms with Crippen molar-refractivity contribution in [3.8, 4) is 17.7 Å². The molecule has 2 aromatic carbocycles. The third kappa shape index (κ3) is 6.15. The first-order chi connectivity index (χ1) is 16.1. The van der Waals surface area contributed by atoms with Crippen LogP contribution in [-0.4, -0.2) is 55.2 Å². The van der Waals surface area contributed by atoms with Crippen LogP contribution in [0.3, 0.4) is 0 Å². The number of nitrogens with zero attached hydrogens (tertiary/aromatic N) is 5. The van der Waals surface area contributed by atoms with E-state index >= 15 is 0 Å². The van der Waals surface area contributed by atoms with Crippen LogP contribution in [-0.2, 0) is 6.61 Å². The number of hydrogen-bond donors (Lipinski definition) is 0. The molecule has 0 N–H and O–H groups in total. The summed E-state index contributed by atoms with van der Waals surface area (Å²) >= 11 is 1.53. The van der Waals surface area contributed by atoms with Gasteiger partial charge in [-0.3, -0.25) is 0 Å². The zero-order valence-electron chi connectivity index (χ0n) is 18.9. The van der Waals surface area contributed by atoms with Gasteiger partial charge in [-0.05, 0) is 62.0 Å². The molecule has 0 atom stereocenters. The topological polar surface area (TPSA) is 74.5 Å². The van der Waals surface area contributed by atoms with Crippen molar-refractivity contribution >= 4 is 17.7 Å². The molecule has 1 saturated heterocycles. The maximum Gasteiger partial charge on any atom is 0.232 e. The van der Waals surface area contributed by atoms with Crippen LogP contribution < -0.4 is 14.4 Å². The summed E-state index contributed by atoms with van der Waals surface area (Å²) in [7, 11) is 3.80. The van der Waals surface area contributed by atoms with Crippen molar-refractivity contribution in [2.24, 2.45) is 0 Å². The van der Waals surface area contributed by atoms with E-state index in [1.54, 1.807) is 7.11 Å². The van der Waals surface area contributed by atoms with E-state index in [9.17, 15) is 0 Å². The number of nitriles is 1. The Labute approximate surface area is 199 Å². The summed E-state index contributed by atoms with van der Waals surface area (Å²) in [5.74, 6) is 2.03. The lowest BCUT2D eigenvalue weighted by molar-refractivity contribution is 0.284. The standard InChI is InChI=1S/C25H27N5O2S/c1-29-11-4-12-30(14-13-29)25-27-17-23(33-22-9-7-19(16-26)8-10-22)24(28-25)32-18-20-5-3-6-21(15-20)31-2/h3,5-10,15,17H,4,11-14,18H2,1-2H3. The molecule has 1 aliphatic rings. The van der Waals surface area contributed by atoms with E-state index in [1.807, 2.05) is 54.7 Å². The van der Waals surface area contributed by atoms with Crippen LogP contribution in [0.2, 0.25) is 0 Å². The van der Waals surface area contributed by atoms with Gasteiger partial charge in [0.2, 0.25) is 11.8 Å². The molecule has 170 valence electrons. The Morgan fingerprint density at radius 1 is 1.09 bits per heavy atom. The number of ether oxygens (including phenoxy) is 2. The number of aromatic nitrogens is 2. The van der Waals surface area contributed by atoms with Crippen molar-refractivity contribution < 1.29 is 9.47 Å². The van der Waals surface area contributed by atoms with Crippen LogP contribution in [0.4, 0.5) is 5.95 Å². The van der Waals surface area contributed by atoms with E-state index in [4.69, 9.17) is 19.7 Å². The first-order valence-electron chi connectivity index (χ1n) is 10.9. The minimum Gasteiger partial charge on any atom is -0.497 e. The Balaban J connectivity index is 1.58. The summed E-state index contributed by atoms with van der Waals surface area (Å²) in [5, 5.41) is 9.06. The molecule has 3 aromatic rings. The average Bonchev–Trinajstić information content (AvgIpc) is 3.08.